The number of carbonyl (C=O) groups is 4. The number of hydrogen-bond acceptors (Lipinski definition) is 8. The molecule has 0 unspecified atom stereocenters. The monoisotopic (exact) mass is 648 g/mol. The van der Waals surface area contributed by atoms with Crippen molar-refractivity contribution in [1.29, 1.82) is 0 Å². The van der Waals surface area contributed by atoms with Crippen molar-refractivity contribution in [3.05, 3.63) is 24.3 Å². The first-order valence-corrected chi connectivity index (χ1v) is 17.8. The first kappa shape index (κ1) is 34.2. The largest absolute Gasteiger partial charge is 0.469 e. The lowest BCUT2D eigenvalue weighted by atomic mass is 9.43. The van der Waals surface area contributed by atoms with E-state index in [1.165, 1.54) is 13.8 Å². The molecule has 0 bridgehead atoms. The highest BCUT2D eigenvalue weighted by Crippen LogP contribution is 2.87. The first-order valence-electron chi connectivity index (χ1n) is 16.3. The number of ether oxygens (including phenoxy) is 2. The first-order chi connectivity index (χ1) is 20.7. The number of phosphoric acid groups is 1. The molecule has 2 N–H and O–H groups in total. The van der Waals surface area contributed by atoms with Crippen LogP contribution in [0, 0.1) is 57.2 Å². The molecule has 0 heterocycles. The summed E-state index contributed by atoms with van der Waals surface area (Å²) in [5, 5.41) is 0. The second kappa shape index (κ2) is 11.2. The Kier molecular flexibility index (Phi) is 8.55. The molecule has 0 aromatic carbocycles. The van der Waals surface area contributed by atoms with Gasteiger partial charge >= 0.3 is 19.8 Å². The van der Waals surface area contributed by atoms with Gasteiger partial charge in [0, 0.05) is 37.5 Å². The highest BCUT2D eigenvalue weighted by atomic mass is 31.2. The van der Waals surface area contributed by atoms with Gasteiger partial charge in [-0.05, 0) is 83.7 Å². The molecule has 10 nitrogen and oxygen atoms in total. The number of ketones is 2. The van der Waals surface area contributed by atoms with Crippen molar-refractivity contribution in [2.75, 3.05) is 6.61 Å². The van der Waals surface area contributed by atoms with Gasteiger partial charge in [-0.25, -0.2) is 4.57 Å². The molecule has 0 saturated heterocycles. The normalized spacial score (nSPS) is 41.8. The van der Waals surface area contributed by atoms with Crippen LogP contribution in [0.5, 0.6) is 0 Å². The maximum Gasteiger partial charge on any atom is 0.469 e. The lowest BCUT2D eigenvalue weighted by Crippen LogP contribution is -2.56. The van der Waals surface area contributed by atoms with Crippen LogP contribution in [0.3, 0.4) is 0 Å². The zero-order valence-electron chi connectivity index (χ0n) is 27.5. The Morgan fingerprint density at radius 1 is 1.09 bits per heavy atom. The number of rotatable bonds is 10. The average molecular weight is 649 g/mol. The molecule has 2 spiro atoms. The fourth-order valence-electron chi connectivity index (χ4n) is 11.1. The van der Waals surface area contributed by atoms with Gasteiger partial charge in [-0.15, -0.1) is 0 Å². The second-order valence-corrected chi connectivity index (χ2v) is 16.6. The summed E-state index contributed by atoms with van der Waals surface area (Å²) in [6.45, 7) is 16.2. The van der Waals surface area contributed by atoms with Crippen molar-refractivity contribution in [3.63, 3.8) is 0 Å². The van der Waals surface area contributed by atoms with Gasteiger partial charge < -0.3 is 19.3 Å². The van der Waals surface area contributed by atoms with Crippen LogP contribution in [0.25, 0.3) is 0 Å². The van der Waals surface area contributed by atoms with Crippen molar-refractivity contribution < 1.29 is 47.5 Å². The summed E-state index contributed by atoms with van der Waals surface area (Å²) >= 11 is 0. The molecule has 0 aromatic heterocycles. The zero-order chi connectivity index (χ0) is 33.5. The van der Waals surface area contributed by atoms with Gasteiger partial charge in [0.1, 0.15) is 6.10 Å². The van der Waals surface area contributed by atoms with Crippen LogP contribution in [0.2, 0.25) is 0 Å². The highest BCUT2D eigenvalue weighted by Gasteiger charge is 2.81. The summed E-state index contributed by atoms with van der Waals surface area (Å²) in [4.78, 5) is 69.8. The molecule has 0 amide bonds. The Hall–Kier alpha value is -2.13. The molecule has 4 saturated carbocycles. The predicted molar refractivity (Wildman–Crippen MR) is 164 cm³/mol. The Morgan fingerprint density at radius 2 is 1.76 bits per heavy atom. The minimum atomic E-state index is -4.76. The molecule has 5 aliphatic carbocycles. The lowest BCUT2D eigenvalue weighted by Gasteiger charge is -2.61. The number of phosphoric ester groups is 1. The SMILES string of the molecule is C=C(C(=O)[C@H](OC(C)=O)[C@@H](C)[C@H]1[C@@H](OC(C)=O)C[C@@]2(C)[C@@H]3CC[C@H]4[C@H](C)C(=O)C=C[C@@]45C[C@@]35CC[C@]12C)[C@@H](C)COP(=O)(O)O. The third kappa shape index (κ3) is 5.22. The van der Waals surface area contributed by atoms with Gasteiger partial charge in [0.25, 0.3) is 0 Å². The summed E-state index contributed by atoms with van der Waals surface area (Å²) in [6.07, 6.45) is 7.74. The van der Waals surface area contributed by atoms with Gasteiger partial charge in [0.15, 0.2) is 17.7 Å². The van der Waals surface area contributed by atoms with Crippen molar-refractivity contribution in [2.24, 2.45) is 57.2 Å². The van der Waals surface area contributed by atoms with Crippen LogP contribution >= 0.6 is 7.82 Å². The van der Waals surface area contributed by atoms with Crippen LogP contribution in [-0.2, 0) is 37.7 Å². The minimum Gasteiger partial charge on any atom is -0.462 e. The quantitative estimate of drug-likeness (QED) is 0.180. The predicted octanol–water partition coefficient (Wildman–Crippen LogP) is 5.36. The van der Waals surface area contributed by atoms with Crippen LogP contribution in [0.1, 0.15) is 87.0 Å². The Labute approximate surface area is 265 Å². The van der Waals surface area contributed by atoms with Gasteiger partial charge in [0.05, 0.1) is 6.61 Å². The van der Waals surface area contributed by atoms with E-state index in [1.807, 2.05) is 13.0 Å². The van der Waals surface area contributed by atoms with E-state index in [0.717, 1.165) is 32.1 Å². The summed E-state index contributed by atoms with van der Waals surface area (Å²) in [5.74, 6) is -2.32. The van der Waals surface area contributed by atoms with Crippen molar-refractivity contribution in [1.82, 2.24) is 0 Å². The molecule has 12 atom stereocenters. The number of carbonyl (C=O) groups excluding carboxylic acids is 4. The summed E-state index contributed by atoms with van der Waals surface area (Å²) in [7, 11) is -4.76. The van der Waals surface area contributed by atoms with Crippen LogP contribution in [-0.4, -0.2) is 52.1 Å². The molecule has 45 heavy (non-hydrogen) atoms. The van der Waals surface area contributed by atoms with E-state index in [1.54, 1.807) is 6.92 Å². The van der Waals surface area contributed by atoms with Crippen molar-refractivity contribution in [2.45, 2.75) is 99.2 Å². The number of Topliss-reactive ketones (excluding diaryl/α,β-unsaturated/α-hetero) is 1. The van der Waals surface area contributed by atoms with E-state index in [-0.39, 0.29) is 44.9 Å². The third-order valence-electron chi connectivity index (χ3n) is 13.3. The van der Waals surface area contributed by atoms with Crippen molar-refractivity contribution in [3.8, 4) is 0 Å². The number of fused-ring (bicyclic) bond motifs is 2. The van der Waals surface area contributed by atoms with Crippen molar-refractivity contribution >= 4 is 31.3 Å². The molecule has 0 aromatic rings. The van der Waals surface area contributed by atoms with E-state index >= 15 is 0 Å². The number of allylic oxidation sites excluding steroid dienone is 2. The van der Waals surface area contributed by atoms with Gasteiger partial charge in [-0.2, -0.15) is 0 Å². The number of esters is 2. The summed E-state index contributed by atoms with van der Waals surface area (Å²) < 4.78 is 27.7. The molecule has 250 valence electrons. The Morgan fingerprint density at radius 3 is 2.36 bits per heavy atom. The van der Waals surface area contributed by atoms with E-state index in [2.05, 4.69) is 37.9 Å². The lowest BCUT2D eigenvalue weighted by molar-refractivity contribution is -0.166. The molecule has 0 radical (unpaired) electrons. The smallest absolute Gasteiger partial charge is 0.462 e. The number of hydrogen-bond donors (Lipinski definition) is 2. The molecule has 5 rings (SSSR count). The average Bonchev–Trinajstić information content (AvgIpc) is 3.55. The maximum absolute atomic E-state index is 13.9. The third-order valence-corrected chi connectivity index (χ3v) is 13.8. The van der Waals surface area contributed by atoms with E-state index in [4.69, 9.17) is 19.3 Å². The fourth-order valence-corrected chi connectivity index (χ4v) is 11.6. The topological polar surface area (TPSA) is 154 Å². The van der Waals surface area contributed by atoms with Crippen LogP contribution in [0.15, 0.2) is 24.3 Å². The molecule has 4 fully saturated rings. The highest BCUT2D eigenvalue weighted by molar-refractivity contribution is 7.46. The molecule has 0 aliphatic heterocycles. The molecular formula is C34H49O10P. The Bertz CT molecular complexity index is 1380. The standard InChI is InChI=1S/C34H49O10P/c1-18(16-42-45(39,40)41)19(2)29(38)30(44-23(6)36)21(4)28-26(43-22(5)35)15-32(8)27-10-9-24-20(3)25(37)11-12-33(24)17-34(27,33)14-13-31(28,32)7/h11-12,18,20-21,24,26-28,30H,2,9-10,13-17H2,1,3-8H3,(H2,39,40,41)/t18-,20-,21-,24-,26-,27-,28-,30+,31+,32-,33+,34-/m0/s1. The zero-order valence-corrected chi connectivity index (χ0v) is 28.4. The Balaban J connectivity index is 1.49. The minimum absolute atomic E-state index is 0.0136. The summed E-state index contributed by atoms with van der Waals surface area (Å²) in [6, 6.07) is 0. The fraction of sp³-hybridized carbons (Fsp3) is 0.765. The molecule has 11 heteroatoms. The van der Waals surface area contributed by atoms with E-state index < -0.39 is 56.2 Å². The van der Waals surface area contributed by atoms with Crippen LogP contribution in [0.4, 0.5) is 0 Å². The second-order valence-electron chi connectivity index (χ2n) is 15.3. The maximum atomic E-state index is 13.9. The summed E-state index contributed by atoms with van der Waals surface area (Å²) in [5.41, 5.74) is -0.475. The van der Waals surface area contributed by atoms with Gasteiger partial charge in [-0.1, -0.05) is 47.3 Å². The van der Waals surface area contributed by atoms with E-state index in [9.17, 15) is 23.7 Å². The van der Waals surface area contributed by atoms with Crippen LogP contribution < -0.4 is 0 Å². The molecule has 5 aliphatic rings. The van der Waals surface area contributed by atoms with Gasteiger partial charge in [-0.3, -0.25) is 23.7 Å². The molecular weight excluding hydrogens is 599 g/mol. The van der Waals surface area contributed by atoms with Gasteiger partial charge in [0.2, 0.25) is 0 Å². The van der Waals surface area contributed by atoms with E-state index in [0.29, 0.717) is 18.3 Å².